The van der Waals surface area contributed by atoms with Crippen LogP contribution in [0, 0.1) is 6.92 Å². The normalized spacial score (nSPS) is 16.4. The Morgan fingerprint density at radius 2 is 1.54 bits per heavy atom. The highest BCUT2D eigenvalue weighted by atomic mass is 32.2. The first-order valence-corrected chi connectivity index (χ1v) is 8.60. The molecule has 0 spiro atoms. The molecule has 0 atom stereocenters. The molecule has 6 heteroatoms. The van der Waals surface area contributed by atoms with E-state index < -0.39 is 5.12 Å². The fourth-order valence-electron chi connectivity index (χ4n) is 2.72. The summed E-state index contributed by atoms with van der Waals surface area (Å²) in [5, 5.41) is 8.44. The number of para-hydroxylation sites is 1. The molecular weight excluding hydrogens is 322 g/mol. The fourth-order valence-corrected chi connectivity index (χ4v) is 3.91. The quantitative estimate of drug-likeness (QED) is 0.728. The first-order chi connectivity index (χ1) is 11.8. The highest BCUT2D eigenvalue weighted by Crippen LogP contribution is 2.45. The van der Waals surface area contributed by atoms with Crippen LogP contribution in [0.15, 0.2) is 65.8 Å². The predicted molar refractivity (Wildman–Crippen MR) is 92.0 cm³/mol. The highest BCUT2D eigenvalue weighted by molar-refractivity contribution is 7.99. The van der Waals surface area contributed by atoms with Gasteiger partial charge in [0.05, 0.1) is 13.2 Å². The molecule has 4 rings (SSSR count). The van der Waals surface area contributed by atoms with Crippen LogP contribution in [0.4, 0.5) is 0 Å². The predicted octanol–water partition coefficient (Wildman–Crippen LogP) is 3.53. The molecule has 0 aliphatic carbocycles. The van der Waals surface area contributed by atoms with Gasteiger partial charge in [-0.25, -0.2) is 0 Å². The van der Waals surface area contributed by atoms with Crippen LogP contribution in [-0.4, -0.2) is 28.0 Å². The first-order valence-electron chi connectivity index (χ1n) is 7.78. The molecule has 3 aromatic rings. The molecule has 1 fully saturated rings. The topological polar surface area (TPSA) is 49.2 Å². The number of aryl methyl sites for hydroxylation is 1. The van der Waals surface area contributed by atoms with Gasteiger partial charge in [0.15, 0.2) is 0 Å². The molecule has 2 heterocycles. The Balaban J connectivity index is 1.75. The van der Waals surface area contributed by atoms with E-state index in [4.69, 9.17) is 9.47 Å². The van der Waals surface area contributed by atoms with Crippen molar-refractivity contribution in [2.75, 3.05) is 13.2 Å². The van der Waals surface area contributed by atoms with Crippen molar-refractivity contribution >= 4 is 11.8 Å². The molecule has 0 N–H and O–H groups in total. The summed E-state index contributed by atoms with van der Waals surface area (Å²) < 4.78 is 14.0. The lowest BCUT2D eigenvalue weighted by Gasteiger charge is -2.26. The minimum Gasteiger partial charge on any atom is -0.335 e. The van der Waals surface area contributed by atoms with E-state index in [2.05, 4.69) is 10.2 Å². The zero-order valence-corrected chi connectivity index (χ0v) is 14.1. The average Bonchev–Trinajstić information content (AvgIpc) is 3.25. The molecule has 0 saturated carbocycles. The summed E-state index contributed by atoms with van der Waals surface area (Å²) in [6.45, 7) is 3.05. The van der Waals surface area contributed by atoms with Gasteiger partial charge in [-0.3, -0.25) is 4.57 Å². The second-order valence-corrected chi connectivity index (χ2v) is 6.53. The molecule has 2 aromatic carbocycles. The highest BCUT2D eigenvalue weighted by Gasteiger charge is 2.41. The van der Waals surface area contributed by atoms with E-state index in [1.807, 2.05) is 72.2 Å². The van der Waals surface area contributed by atoms with Crippen LogP contribution in [-0.2, 0) is 14.6 Å². The molecule has 1 saturated heterocycles. The number of benzene rings is 2. The summed E-state index contributed by atoms with van der Waals surface area (Å²) in [5.41, 5.74) is 1.98. The van der Waals surface area contributed by atoms with Crippen LogP contribution in [0.1, 0.15) is 11.4 Å². The molecule has 1 aliphatic rings. The monoisotopic (exact) mass is 339 g/mol. The lowest BCUT2D eigenvalue weighted by atomic mass is 10.2. The number of ether oxygens (including phenoxy) is 2. The summed E-state index contributed by atoms with van der Waals surface area (Å²) in [4.78, 5) is 0. The van der Waals surface area contributed by atoms with Crippen molar-refractivity contribution in [1.82, 2.24) is 14.8 Å². The SMILES string of the molecule is Cc1nnc(SC2(c3ccccc3)OCCO2)n1-c1ccccc1. The van der Waals surface area contributed by atoms with Crippen LogP contribution in [0.25, 0.3) is 5.69 Å². The minimum atomic E-state index is -0.882. The summed E-state index contributed by atoms with van der Waals surface area (Å²) in [5.74, 6) is 0.824. The summed E-state index contributed by atoms with van der Waals surface area (Å²) in [6, 6.07) is 20.0. The summed E-state index contributed by atoms with van der Waals surface area (Å²) in [7, 11) is 0. The average molecular weight is 339 g/mol. The van der Waals surface area contributed by atoms with E-state index in [0.29, 0.717) is 13.2 Å². The molecule has 0 radical (unpaired) electrons. The van der Waals surface area contributed by atoms with Crippen molar-refractivity contribution in [3.05, 3.63) is 72.1 Å². The van der Waals surface area contributed by atoms with Crippen LogP contribution < -0.4 is 0 Å². The number of aromatic nitrogens is 3. The van der Waals surface area contributed by atoms with Gasteiger partial charge < -0.3 is 9.47 Å². The lowest BCUT2D eigenvalue weighted by Crippen LogP contribution is -2.23. The molecule has 24 heavy (non-hydrogen) atoms. The van der Waals surface area contributed by atoms with Gasteiger partial charge >= 0.3 is 0 Å². The van der Waals surface area contributed by atoms with E-state index in [0.717, 1.165) is 22.2 Å². The van der Waals surface area contributed by atoms with Gasteiger partial charge in [-0.15, -0.1) is 10.2 Å². The van der Waals surface area contributed by atoms with Crippen LogP contribution >= 0.6 is 11.8 Å². The van der Waals surface area contributed by atoms with Crippen molar-refractivity contribution in [3.8, 4) is 5.69 Å². The zero-order valence-electron chi connectivity index (χ0n) is 13.3. The van der Waals surface area contributed by atoms with Crippen LogP contribution in [0.3, 0.4) is 0 Å². The smallest absolute Gasteiger partial charge is 0.253 e. The Morgan fingerprint density at radius 3 is 2.21 bits per heavy atom. The van der Waals surface area contributed by atoms with Gasteiger partial charge in [0, 0.05) is 11.3 Å². The summed E-state index contributed by atoms with van der Waals surface area (Å²) >= 11 is 1.44. The van der Waals surface area contributed by atoms with Crippen molar-refractivity contribution in [3.63, 3.8) is 0 Å². The number of hydrogen-bond acceptors (Lipinski definition) is 5. The molecule has 0 amide bonds. The molecule has 0 bridgehead atoms. The maximum atomic E-state index is 5.99. The molecule has 122 valence electrons. The Hall–Kier alpha value is -2.15. The molecule has 5 nitrogen and oxygen atoms in total. The van der Waals surface area contributed by atoms with E-state index in [1.165, 1.54) is 11.8 Å². The van der Waals surface area contributed by atoms with E-state index in [9.17, 15) is 0 Å². The Labute approximate surface area is 144 Å². The third kappa shape index (κ3) is 2.73. The molecular formula is C18H17N3O2S. The zero-order chi connectivity index (χ0) is 16.4. The van der Waals surface area contributed by atoms with Gasteiger partial charge in [0.1, 0.15) is 5.82 Å². The lowest BCUT2D eigenvalue weighted by molar-refractivity contribution is -0.0818. The molecule has 1 aliphatic heterocycles. The maximum absolute atomic E-state index is 5.99. The van der Waals surface area contributed by atoms with Gasteiger partial charge in [0.2, 0.25) is 5.16 Å². The van der Waals surface area contributed by atoms with Crippen molar-refractivity contribution < 1.29 is 9.47 Å². The number of thioether (sulfide) groups is 1. The Kier molecular flexibility index (Phi) is 4.10. The second kappa shape index (κ2) is 6.39. The standard InChI is InChI=1S/C18H17N3O2S/c1-14-19-20-17(21(14)16-10-6-3-7-11-16)24-18(22-12-13-23-18)15-8-4-2-5-9-15/h2-11H,12-13H2,1H3. The first kappa shape index (κ1) is 15.4. The number of nitrogens with zero attached hydrogens (tertiary/aromatic N) is 3. The molecule has 0 unspecified atom stereocenters. The summed E-state index contributed by atoms with van der Waals surface area (Å²) in [6.07, 6.45) is 0. The van der Waals surface area contributed by atoms with Gasteiger partial charge in [-0.05, 0) is 30.8 Å². The van der Waals surface area contributed by atoms with Gasteiger partial charge in [0.25, 0.3) is 5.12 Å². The minimum absolute atomic E-state index is 0.556. The van der Waals surface area contributed by atoms with Crippen LogP contribution in [0.2, 0.25) is 0 Å². The number of rotatable bonds is 4. The van der Waals surface area contributed by atoms with E-state index in [1.54, 1.807) is 0 Å². The second-order valence-electron chi connectivity index (χ2n) is 5.42. The fraction of sp³-hybridized carbons (Fsp3) is 0.222. The third-order valence-corrected chi connectivity index (χ3v) is 5.02. The maximum Gasteiger partial charge on any atom is 0.253 e. The largest absolute Gasteiger partial charge is 0.335 e. The van der Waals surface area contributed by atoms with Crippen molar-refractivity contribution in [2.24, 2.45) is 0 Å². The Morgan fingerprint density at radius 1 is 0.917 bits per heavy atom. The van der Waals surface area contributed by atoms with Crippen molar-refractivity contribution in [2.45, 2.75) is 17.2 Å². The Bertz CT molecular complexity index is 815. The van der Waals surface area contributed by atoms with Gasteiger partial charge in [-0.1, -0.05) is 48.5 Å². The third-order valence-electron chi connectivity index (χ3n) is 3.83. The van der Waals surface area contributed by atoms with E-state index in [-0.39, 0.29) is 0 Å². The van der Waals surface area contributed by atoms with E-state index >= 15 is 0 Å². The van der Waals surface area contributed by atoms with Crippen LogP contribution in [0.5, 0.6) is 0 Å². The van der Waals surface area contributed by atoms with Crippen molar-refractivity contribution in [1.29, 1.82) is 0 Å². The van der Waals surface area contributed by atoms with Gasteiger partial charge in [-0.2, -0.15) is 0 Å². The molecule has 1 aromatic heterocycles. The number of hydrogen-bond donors (Lipinski definition) is 0.